The first-order valence-electron chi connectivity index (χ1n) is 6.81. The van der Waals surface area contributed by atoms with Gasteiger partial charge in [-0.15, -0.1) is 0 Å². The van der Waals surface area contributed by atoms with Crippen molar-refractivity contribution in [2.75, 3.05) is 12.4 Å². The van der Waals surface area contributed by atoms with Gasteiger partial charge in [-0.3, -0.25) is 4.98 Å². The largest absolute Gasteiger partial charge is 0.387 e. The van der Waals surface area contributed by atoms with E-state index in [0.29, 0.717) is 5.92 Å². The molecule has 1 heterocycles. The lowest BCUT2D eigenvalue weighted by atomic mass is 9.93. The van der Waals surface area contributed by atoms with E-state index in [4.69, 9.17) is 0 Å². The number of pyridine rings is 1. The van der Waals surface area contributed by atoms with Crippen LogP contribution in [0.3, 0.4) is 0 Å². The van der Waals surface area contributed by atoms with Crippen LogP contribution in [-0.4, -0.2) is 12.0 Å². The summed E-state index contributed by atoms with van der Waals surface area (Å²) in [6, 6.07) is 4.28. The zero-order valence-electron chi connectivity index (χ0n) is 11.7. The highest BCUT2D eigenvalue weighted by Crippen LogP contribution is 2.25. The Balaban J connectivity index is 2.53. The average Bonchev–Trinajstić information content (AvgIpc) is 2.34. The Morgan fingerprint density at radius 3 is 2.47 bits per heavy atom. The molecule has 0 bridgehead atoms. The van der Waals surface area contributed by atoms with Gasteiger partial charge in [0.2, 0.25) is 0 Å². The van der Waals surface area contributed by atoms with Gasteiger partial charge in [-0.25, -0.2) is 0 Å². The first kappa shape index (κ1) is 14.0. The Morgan fingerprint density at radius 1 is 1.24 bits per heavy atom. The maximum absolute atomic E-state index is 4.56. The first-order chi connectivity index (χ1) is 8.17. The van der Waals surface area contributed by atoms with Crippen LogP contribution in [-0.2, 0) is 0 Å². The molecule has 0 fully saturated rings. The van der Waals surface area contributed by atoms with Crippen LogP contribution in [0.15, 0.2) is 18.3 Å². The molecule has 1 rings (SSSR count). The van der Waals surface area contributed by atoms with Crippen molar-refractivity contribution in [1.82, 2.24) is 4.98 Å². The number of hydrogen-bond acceptors (Lipinski definition) is 2. The van der Waals surface area contributed by atoms with Crippen molar-refractivity contribution in [2.45, 2.75) is 52.4 Å². The maximum Gasteiger partial charge on any atom is 0.0524 e. The second kappa shape index (κ2) is 7.31. The lowest BCUT2D eigenvalue weighted by Gasteiger charge is -2.15. The van der Waals surface area contributed by atoms with Crippen LogP contribution < -0.4 is 5.32 Å². The second-order valence-electron chi connectivity index (χ2n) is 5.15. The van der Waals surface area contributed by atoms with E-state index in [1.165, 1.54) is 31.4 Å². The summed E-state index contributed by atoms with van der Waals surface area (Å²) < 4.78 is 0. The van der Waals surface area contributed by atoms with Crippen molar-refractivity contribution < 1.29 is 0 Å². The number of rotatable bonds is 7. The van der Waals surface area contributed by atoms with Gasteiger partial charge >= 0.3 is 0 Å². The molecule has 1 aromatic heterocycles. The van der Waals surface area contributed by atoms with E-state index >= 15 is 0 Å². The van der Waals surface area contributed by atoms with Gasteiger partial charge in [0.05, 0.1) is 11.9 Å². The lowest BCUT2D eigenvalue weighted by molar-refractivity contribution is 0.488. The summed E-state index contributed by atoms with van der Waals surface area (Å²) in [5.74, 6) is 1.44. The molecule has 2 heteroatoms. The molecule has 0 saturated heterocycles. The fourth-order valence-electron chi connectivity index (χ4n) is 2.13. The molecule has 1 aromatic rings. The molecule has 0 spiro atoms. The van der Waals surface area contributed by atoms with Crippen LogP contribution in [0.1, 0.15) is 58.1 Å². The minimum Gasteiger partial charge on any atom is -0.387 e. The monoisotopic (exact) mass is 234 g/mol. The molecule has 0 aromatic carbocycles. The van der Waals surface area contributed by atoms with Gasteiger partial charge in [0.1, 0.15) is 0 Å². The van der Waals surface area contributed by atoms with Crippen molar-refractivity contribution >= 4 is 5.69 Å². The van der Waals surface area contributed by atoms with E-state index < -0.39 is 0 Å². The van der Waals surface area contributed by atoms with Gasteiger partial charge < -0.3 is 5.32 Å². The highest BCUT2D eigenvalue weighted by atomic mass is 14.8. The van der Waals surface area contributed by atoms with Gasteiger partial charge in [0, 0.05) is 18.7 Å². The Labute approximate surface area is 106 Å². The number of nitrogens with zero attached hydrogens (tertiary/aromatic N) is 1. The van der Waals surface area contributed by atoms with Gasteiger partial charge in [-0.1, -0.05) is 33.6 Å². The highest BCUT2D eigenvalue weighted by Gasteiger charge is 2.10. The maximum atomic E-state index is 4.56. The van der Waals surface area contributed by atoms with E-state index in [1.54, 1.807) is 0 Å². The van der Waals surface area contributed by atoms with E-state index in [1.807, 2.05) is 13.2 Å². The minimum atomic E-state index is 0.625. The fraction of sp³-hybridized carbons (Fsp3) is 0.667. The summed E-state index contributed by atoms with van der Waals surface area (Å²) in [5.41, 5.74) is 2.33. The fourth-order valence-corrected chi connectivity index (χ4v) is 2.13. The Morgan fingerprint density at radius 2 is 2.00 bits per heavy atom. The summed E-state index contributed by atoms with van der Waals surface area (Å²) in [6.45, 7) is 6.84. The first-order valence-corrected chi connectivity index (χ1v) is 6.81. The van der Waals surface area contributed by atoms with Crippen molar-refractivity contribution in [1.29, 1.82) is 0 Å². The lowest BCUT2D eigenvalue weighted by Crippen LogP contribution is -2.02. The third-order valence-corrected chi connectivity index (χ3v) is 3.32. The zero-order chi connectivity index (χ0) is 12.7. The highest BCUT2D eigenvalue weighted by molar-refractivity contribution is 5.40. The molecule has 0 aliphatic carbocycles. The summed E-state index contributed by atoms with van der Waals surface area (Å²) in [5, 5.41) is 3.11. The molecular weight excluding hydrogens is 208 g/mol. The SMILES string of the molecule is CCC(CCCC(C)C)c1ccc(NC)cn1. The van der Waals surface area contributed by atoms with Crippen LogP contribution in [0.25, 0.3) is 0 Å². The van der Waals surface area contributed by atoms with Crippen LogP contribution >= 0.6 is 0 Å². The van der Waals surface area contributed by atoms with E-state index in [0.717, 1.165) is 11.6 Å². The predicted octanol–water partition coefficient (Wildman–Crippen LogP) is 4.44. The van der Waals surface area contributed by atoms with E-state index in [9.17, 15) is 0 Å². The number of hydrogen-bond donors (Lipinski definition) is 1. The van der Waals surface area contributed by atoms with Gasteiger partial charge in [-0.2, -0.15) is 0 Å². The van der Waals surface area contributed by atoms with Gasteiger partial charge in [0.25, 0.3) is 0 Å². The number of nitrogens with one attached hydrogen (secondary N) is 1. The molecule has 17 heavy (non-hydrogen) atoms. The van der Waals surface area contributed by atoms with Crippen LogP contribution in [0.4, 0.5) is 5.69 Å². The normalized spacial score (nSPS) is 12.8. The van der Waals surface area contributed by atoms with Gasteiger partial charge in [-0.05, 0) is 30.9 Å². The summed E-state index contributed by atoms with van der Waals surface area (Å²) in [7, 11) is 1.93. The second-order valence-corrected chi connectivity index (χ2v) is 5.15. The average molecular weight is 234 g/mol. The summed E-state index contributed by atoms with van der Waals surface area (Å²) >= 11 is 0. The Kier molecular flexibility index (Phi) is 6.03. The quantitative estimate of drug-likeness (QED) is 0.754. The van der Waals surface area contributed by atoms with Crippen molar-refractivity contribution in [3.63, 3.8) is 0 Å². The molecule has 0 saturated carbocycles. The third-order valence-electron chi connectivity index (χ3n) is 3.32. The smallest absolute Gasteiger partial charge is 0.0524 e. The molecule has 0 aliphatic rings. The number of anilines is 1. The molecule has 1 unspecified atom stereocenters. The molecule has 0 radical (unpaired) electrons. The molecule has 1 N–H and O–H groups in total. The summed E-state index contributed by atoms with van der Waals surface area (Å²) in [6.07, 6.45) is 7.02. The molecule has 2 nitrogen and oxygen atoms in total. The molecule has 96 valence electrons. The summed E-state index contributed by atoms with van der Waals surface area (Å²) in [4.78, 5) is 4.56. The van der Waals surface area contributed by atoms with Gasteiger partial charge in [0.15, 0.2) is 0 Å². The van der Waals surface area contributed by atoms with Crippen LogP contribution in [0.2, 0.25) is 0 Å². The third kappa shape index (κ3) is 4.76. The van der Waals surface area contributed by atoms with Crippen molar-refractivity contribution in [3.8, 4) is 0 Å². The molecule has 0 amide bonds. The van der Waals surface area contributed by atoms with E-state index in [2.05, 4.69) is 43.2 Å². The Bertz CT molecular complexity index is 303. The molecule has 0 aliphatic heterocycles. The minimum absolute atomic E-state index is 0.625. The predicted molar refractivity (Wildman–Crippen MR) is 75.5 cm³/mol. The topological polar surface area (TPSA) is 24.9 Å². The molecule has 1 atom stereocenters. The molecular formula is C15H26N2. The van der Waals surface area contributed by atoms with Crippen LogP contribution in [0.5, 0.6) is 0 Å². The van der Waals surface area contributed by atoms with Crippen LogP contribution in [0, 0.1) is 5.92 Å². The standard InChI is InChI=1S/C15H26N2/c1-5-13(8-6-7-12(2)3)15-10-9-14(16-4)11-17-15/h9-13,16H,5-8H2,1-4H3. The van der Waals surface area contributed by atoms with Crippen molar-refractivity contribution in [2.24, 2.45) is 5.92 Å². The van der Waals surface area contributed by atoms with E-state index in [-0.39, 0.29) is 0 Å². The number of aromatic nitrogens is 1. The Hall–Kier alpha value is -1.05. The zero-order valence-corrected chi connectivity index (χ0v) is 11.7. The van der Waals surface area contributed by atoms with Crippen molar-refractivity contribution in [3.05, 3.63) is 24.0 Å².